The number of hydrogen-bond donors (Lipinski definition) is 2. The number of carbonyl (C=O) groups excluding carboxylic acids is 1. The monoisotopic (exact) mass is 278 g/mol. The molecule has 0 spiro atoms. The Balaban J connectivity index is 1.70. The van der Waals surface area contributed by atoms with Gasteiger partial charge in [-0.1, -0.05) is 0 Å². The number of urea groups is 1. The standard InChI is InChI=1S/C14H22N4O2/c1-20-9-3-7-16-14(19)18-8-5-13(11-18)17-12-4-2-6-15-10-12/h2,4,6,10,13,17H,3,5,7-9,11H2,1H3,(H,16,19)/t13-/m1/s1. The van der Waals surface area contributed by atoms with Crippen molar-refractivity contribution in [1.82, 2.24) is 15.2 Å². The maximum Gasteiger partial charge on any atom is 0.317 e. The molecule has 0 radical (unpaired) electrons. The lowest BCUT2D eigenvalue weighted by Crippen LogP contribution is -2.40. The molecule has 2 heterocycles. The van der Waals surface area contributed by atoms with Gasteiger partial charge < -0.3 is 20.3 Å². The fraction of sp³-hybridized carbons (Fsp3) is 0.571. The fourth-order valence-corrected chi connectivity index (χ4v) is 2.27. The van der Waals surface area contributed by atoms with Crippen LogP contribution in [0.1, 0.15) is 12.8 Å². The van der Waals surface area contributed by atoms with Gasteiger partial charge in [-0.2, -0.15) is 0 Å². The first-order chi connectivity index (χ1) is 9.79. The summed E-state index contributed by atoms with van der Waals surface area (Å²) in [6.07, 6.45) is 5.35. The molecule has 0 bridgehead atoms. The number of nitrogens with one attached hydrogen (secondary N) is 2. The third-order valence-corrected chi connectivity index (χ3v) is 3.31. The van der Waals surface area contributed by atoms with Crippen LogP contribution in [-0.2, 0) is 4.74 Å². The first-order valence-electron chi connectivity index (χ1n) is 6.98. The lowest BCUT2D eigenvalue weighted by atomic mass is 10.2. The Kier molecular flexibility index (Phi) is 5.61. The first kappa shape index (κ1) is 14.6. The molecule has 1 aromatic heterocycles. The molecule has 0 aliphatic carbocycles. The summed E-state index contributed by atoms with van der Waals surface area (Å²) >= 11 is 0. The third-order valence-electron chi connectivity index (χ3n) is 3.31. The molecule has 2 N–H and O–H groups in total. The minimum atomic E-state index is 0.0107. The highest BCUT2D eigenvalue weighted by Crippen LogP contribution is 2.14. The van der Waals surface area contributed by atoms with E-state index in [2.05, 4.69) is 15.6 Å². The number of ether oxygens (including phenoxy) is 1. The molecule has 0 saturated carbocycles. The number of aromatic nitrogens is 1. The number of nitrogens with zero attached hydrogens (tertiary/aromatic N) is 2. The number of anilines is 1. The van der Waals surface area contributed by atoms with E-state index in [4.69, 9.17) is 4.74 Å². The van der Waals surface area contributed by atoms with Gasteiger partial charge in [-0.05, 0) is 25.0 Å². The minimum Gasteiger partial charge on any atom is -0.385 e. The maximum absolute atomic E-state index is 11.9. The van der Waals surface area contributed by atoms with Gasteiger partial charge in [-0.15, -0.1) is 0 Å². The predicted molar refractivity (Wildman–Crippen MR) is 77.7 cm³/mol. The zero-order valence-electron chi connectivity index (χ0n) is 11.8. The molecular weight excluding hydrogens is 256 g/mol. The summed E-state index contributed by atoms with van der Waals surface area (Å²) in [5, 5.41) is 6.31. The van der Waals surface area contributed by atoms with Gasteiger partial charge in [0.1, 0.15) is 0 Å². The lowest BCUT2D eigenvalue weighted by Gasteiger charge is -2.18. The second-order valence-electron chi connectivity index (χ2n) is 4.90. The van der Waals surface area contributed by atoms with Gasteiger partial charge in [0.2, 0.25) is 0 Å². The van der Waals surface area contributed by atoms with Crippen LogP contribution < -0.4 is 10.6 Å². The summed E-state index contributed by atoms with van der Waals surface area (Å²) in [4.78, 5) is 17.9. The van der Waals surface area contributed by atoms with Crippen molar-refractivity contribution in [1.29, 1.82) is 0 Å². The Labute approximate surface area is 119 Å². The predicted octanol–water partition coefficient (Wildman–Crippen LogP) is 1.31. The van der Waals surface area contributed by atoms with E-state index < -0.39 is 0 Å². The molecule has 1 aliphatic rings. The van der Waals surface area contributed by atoms with Gasteiger partial charge in [0.05, 0.1) is 5.69 Å². The van der Waals surface area contributed by atoms with E-state index in [1.807, 2.05) is 17.0 Å². The Morgan fingerprint density at radius 2 is 2.50 bits per heavy atom. The highest BCUT2D eigenvalue weighted by Gasteiger charge is 2.25. The number of rotatable bonds is 6. The van der Waals surface area contributed by atoms with E-state index in [0.717, 1.165) is 31.6 Å². The topological polar surface area (TPSA) is 66.5 Å². The number of likely N-dealkylation sites (tertiary alicyclic amines) is 1. The molecule has 2 amide bonds. The number of pyridine rings is 1. The number of hydrogen-bond acceptors (Lipinski definition) is 4. The molecule has 1 aromatic rings. The van der Waals surface area contributed by atoms with E-state index in [-0.39, 0.29) is 6.03 Å². The Hall–Kier alpha value is -1.82. The summed E-state index contributed by atoms with van der Waals surface area (Å²) in [6, 6.07) is 4.19. The Bertz CT molecular complexity index is 413. The summed E-state index contributed by atoms with van der Waals surface area (Å²) in [6.45, 7) is 2.84. The SMILES string of the molecule is COCCCNC(=O)N1CC[C@@H](Nc2cccnc2)C1. The van der Waals surface area contributed by atoms with Gasteiger partial charge >= 0.3 is 6.03 Å². The van der Waals surface area contributed by atoms with E-state index in [0.29, 0.717) is 19.2 Å². The van der Waals surface area contributed by atoms with Gasteiger partial charge in [0.15, 0.2) is 0 Å². The molecule has 6 heteroatoms. The van der Waals surface area contributed by atoms with Crippen molar-refractivity contribution in [3.8, 4) is 0 Å². The number of methoxy groups -OCH3 is 1. The van der Waals surface area contributed by atoms with Crippen LogP contribution >= 0.6 is 0 Å². The van der Waals surface area contributed by atoms with Crippen LogP contribution in [-0.4, -0.2) is 55.3 Å². The van der Waals surface area contributed by atoms with E-state index in [9.17, 15) is 4.79 Å². The molecule has 1 saturated heterocycles. The quantitative estimate of drug-likeness (QED) is 0.770. The highest BCUT2D eigenvalue weighted by atomic mass is 16.5. The lowest BCUT2D eigenvalue weighted by molar-refractivity contribution is 0.188. The molecule has 0 unspecified atom stereocenters. The highest BCUT2D eigenvalue weighted by molar-refractivity contribution is 5.74. The molecule has 1 aliphatic heterocycles. The van der Waals surface area contributed by atoms with Crippen molar-refractivity contribution in [2.45, 2.75) is 18.9 Å². The van der Waals surface area contributed by atoms with Gasteiger partial charge in [-0.3, -0.25) is 4.98 Å². The summed E-state index contributed by atoms with van der Waals surface area (Å²) in [5.41, 5.74) is 1.000. The van der Waals surface area contributed by atoms with Crippen LogP contribution in [0.3, 0.4) is 0 Å². The molecule has 20 heavy (non-hydrogen) atoms. The molecule has 0 aromatic carbocycles. The normalized spacial score (nSPS) is 18.1. The molecule has 1 fully saturated rings. The Morgan fingerprint density at radius 1 is 1.60 bits per heavy atom. The average molecular weight is 278 g/mol. The first-order valence-corrected chi connectivity index (χ1v) is 6.98. The Morgan fingerprint density at radius 3 is 3.25 bits per heavy atom. The van der Waals surface area contributed by atoms with Crippen molar-refractivity contribution in [3.63, 3.8) is 0 Å². The molecular formula is C14H22N4O2. The summed E-state index contributed by atoms with van der Waals surface area (Å²) < 4.78 is 4.95. The van der Waals surface area contributed by atoms with Gasteiger partial charge in [0.25, 0.3) is 0 Å². The number of amides is 2. The minimum absolute atomic E-state index is 0.0107. The van der Waals surface area contributed by atoms with Crippen LogP contribution in [0.2, 0.25) is 0 Å². The fourth-order valence-electron chi connectivity index (χ4n) is 2.27. The second kappa shape index (κ2) is 7.69. The van der Waals surface area contributed by atoms with E-state index in [1.165, 1.54) is 0 Å². The van der Waals surface area contributed by atoms with Crippen molar-refractivity contribution in [2.75, 3.05) is 38.7 Å². The molecule has 2 rings (SSSR count). The molecule has 6 nitrogen and oxygen atoms in total. The van der Waals surface area contributed by atoms with Gasteiger partial charge in [0, 0.05) is 51.8 Å². The van der Waals surface area contributed by atoms with Crippen LogP contribution in [0.25, 0.3) is 0 Å². The van der Waals surface area contributed by atoms with Crippen LogP contribution in [0, 0.1) is 0 Å². The molecule has 110 valence electrons. The van der Waals surface area contributed by atoms with Gasteiger partial charge in [-0.25, -0.2) is 4.79 Å². The summed E-state index contributed by atoms with van der Waals surface area (Å²) in [7, 11) is 1.66. The van der Waals surface area contributed by atoms with Crippen molar-refractivity contribution >= 4 is 11.7 Å². The van der Waals surface area contributed by atoms with Crippen molar-refractivity contribution < 1.29 is 9.53 Å². The van der Waals surface area contributed by atoms with Crippen molar-refractivity contribution in [2.24, 2.45) is 0 Å². The van der Waals surface area contributed by atoms with Crippen molar-refractivity contribution in [3.05, 3.63) is 24.5 Å². The van der Waals surface area contributed by atoms with Crippen LogP contribution in [0.15, 0.2) is 24.5 Å². The largest absolute Gasteiger partial charge is 0.385 e. The van der Waals surface area contributed by atoms with E-state index in [1.54, 1.807) is 19.5 Å². The third kappa shape index (κ3) is 4.38. The van der Waals surface area contributed by atoms with E-state index >= 15 is 0 Å². The average Bonchev–Trinajstić information content (AvgIpc) is 2.93. The number of carbonyl (C=O) groups is 1. The van der Waals surface area contributed by atoms with Crippen LogP contribution in [0.5, 0.6) is 0 Å². The zero-order chi connectivity index (χ0) is 14.2. The smallest absolute Gasteiger partial charge is 0.317 e. The summed E-state index contributed by atoms with van der Waals surface area (Å²) in [5.74, 6) is 0. The zero-order valence-corrected chi connectivity index (χ0v) is 11.8. The molecule has 1 atom stereocenters. The second-order valence-corrected chi connectivity index (χ2v) is 4.90. The van der Waals surface area contributed by atoms with Crippen LogP contribution in [0.4, 0.5) is 10.5 Å². The maximum atomic E-state index is 11.9.